The summed E-state index contributed by atoms with van der Waals surface area (Å²) in [5.41, 5.74) is 9.04. The van der Waals surface area contributed by atoms with Crippen LogP contribution in [-0.2, 0) is 28.8 Å². The first-order chi connectivity index (χ1) is 15.4. The van der Waals surface area contributed by atoms with Crippen LogP contribution in [0.1, 0.15) is 16.8 Å². The van der Waals surface area contributed by atoms with E-state index in [2.05, 4.69) is 14.7 Å². The average molecular weight is 458 g/mol. The van der Waals surface area contributed by atoms with E-state index in [9.17, 15) is 9.46 Å². The van der Waals surface area contributed by atoms with Gasteiger partial charge in [-0.3, -0.25) is 14.8 Å². The van der Waals surface area contributed by atoms with E-state index in [0.29, 0.717) is 35.9 Å². The maximum atomic E-state index is 10.8. The lowest BCUT2D eigenvalue weighted by Crippen LogP contribution is -2.38. The fourth-order valence-electron chi connectivity index (χ4n) is 2.88. The van der Waals surface area contributed by atoms with Gasteiger partial charge < -0.3 is 23.5 Å². The van der Waals surface area contributed by atoms with Crippen molar-refractivity contribution in [2.24, 2.45) is 0 Å². The average Bonchev–Trinajstić information content (AvgIpc) is 3.44. The number of phosphoric ester groups is 1. The highest BCUT2D eigenvalue weighted by Crippen LogP contribution is 2.30. The molecule has 0 aliphatic heterocycles. The van der Waals surface area contributed by atoms with Gasteiger partial charge in [-0.25, -0.2) is 9.55 Å². The second kappa shape index (κ2) is 9.33. The molecule has 3 N–H and O–H groups in total. The molecule has 12 heteroatoms. The minimum Gasteiger partial charge on any atom is -0.756 e. The van der Waals surface area contributed by atoms with E-state index in [4.69, 9.17) is 24.3 Å². The van der Waals surface area contributed by atoms with Crippen LogP contribution in [0, 0.1) is 0 Å². The third-order valence-corrected chi connectivity index (χ3v) is 4.89. The summed E-state index contributed by atoms with van der Waals surface area (Å²) in [4.78, 5) is 23.9. The molecule has 0 fully saturated rings. The first-order valence-electron chi connectivity index (χ1n) is 9.38. The largest absolute Gasteiger partial charge is 0.756 e. The quantitative estimate of drug-likeness (QED) is 0.279. The number of ether oxygens (including phenoxy) is 1. The summed E-state index contributed by atoms with van der Waals surface area (Å²) in [7, 11) is -4.88. The van der Waals surface area contributed by atoms with Crippen molar-refractivity contribution in [1.82, 2.24) is 10.1 Å². The van der Waals surface area contributed by atoms with Crippen molar-refractivity contribution in [3.63, 3.8) is 0 Å². The molecule has 166 valence electrons. The number of hydrogen-bond donors (Lipinski definition) is 2. The number of anilines is 1. The standard InChI is InChI=1S/C20H19N4O7P/c21-20-17(2-1-6-24(20)13-30-32(25,26)27)18-9-16(23-31-18)8-14-3-4-19(22-10-14)29-12-15-5-7-28-11-15/h1-7,9-11,21H,8,12-13H2,(H2,25,26,27). The van der Waals surface area contributed by atoms with E-state index >= 15 is 0 Å². The number of rotatable bonds is 9. The molecule has 0 aliphatic carbocycles. The van der Waals surface area contributed by atoms with Crippen LogP contribution in [0.2, 0.25) is 0 Å². The Labute approximate surface area is 182 Å². The second-order valence-corrected chi connectivity index (χ2v) is 7.98. The molecule has 0 radical (unpaired) electrons. The third-order valence-electron chi connectivity index (χ3n) is 4.45. The van der Waals surface area contributed by atoms with Gasteiger partial charge in [-0.05, 0) is 23.8 Å². The van der Waals surface area contributed by atoms with Crippen LogP contribution in [0.4, 0.5) is 5.82 Å². The molecular weight excluding hydrogens is 439 g/mol. The molecule has 0 saturated carbocycles. The molecule has 32 heavy (non-hydrogen) atoms. The SMILES string of the molecule is Nc1c(-c2cc(Cc3ccc(OCc4ccoc4)nc3)no2)ccc[n+]1COP(=O)([O-])O. The Kier molecular flexibility index (Phi) is 6.33. The molecule has 0 spiro atoms. The number of hydrogen-bond acceptors (Lipinski definition) is 9. The van der Waals surface area contributed by atoms with Gasteiger partial charge >= 0.3 is 0 Å². The van der Waals surface area contributed by atoms with Crippen molar-refractivity contribution in [2.75, 3.05) is 5.73 Å². The Morgan fingerprint density at radius 1 is 1.25 bits per heavy atom. The van der Waals surface area contributed by atoms with Gasteiger partial charge in [-0.1, -0.05) is 11.2 Å². The van der Waals surface area contributed by atoms with Crippen molar-refractivity contribution >= 4 is 13.6 Å². The highest BCUT2D eigenvalue weighted by atomic mass is 31.2. The third kappa shape index (κ3) is 5.59. The van der Waals surface area contributed by atoms with E-state index in [-0.39, 0.29) is 5.82 Å². The molecule has 1 unspecified atom stereocenters. The predicted octanol–water partition coefficient (Wildman–Crippen LogP) is 1.80. The minimum absolute atomic E-state index is 0.185. The fourth-order valence-corrected chi connectivity index (χ4v) is 3.15. The van der Waals surface area contributed by atoms with Crippen molar-refractivity contribution in [3.8, 4) is 17.2 Å². The molecule has 0 aromatic carbocycles. The van der Waals surface area contributed by atoms with Crippen LogP contribution in [0.15, 0.2) is 70.3 Å². The zero-order valence-electron chi connectivity index (χ0n) is 16.7. The number of nitrogens with zero attached hydrogens (tertiary/aromatic N) is 3. The van der Waals surface area contributed by atoms with Crippen LogP contribution in [0.25, 0.3) is 11.3 Å². The molecule has 0 saturated heterocycles. The number of furan rings is 1. The molecule has 0 bridgehead atoms. The zero-order chi connectivity index (χ0) is 22.6. The Hall–Kier alpha value is -3.50. The molecule has 4 aromatic heterocycles. The topological polar surface area (TPSA) is 161 Å². The molecule has 4 aromatic rings. The maximum Gasteiger partial charge on any atom is 0.285 e. The molecule has 0 amide bonds. The van der Waals surface area contributed by atoms with Gasteiger partial charge in [0.05, 0.1) is 24.4 Å². The van der Waals surface area contributed by atoms with Crippen molar-refractivity contribution in [3.05, 3.63) is 78.1 Å². The molecule has 11 nitrogen and oxygen atoms in total. The summed E-state index contributed by atoms with van der Waals surface area (Å²) in [5, 5.41) is 4.06. The molecular formula is C20H19N4O7P. The lowest BCUT2D eigenvalue weighted by molar-refractivity contribution is -0.712. The van der Waals surface area contributed by atoms with Gasteiger partial charge in [-0.15, -0.1) is 0 Å². The predicted molar refractivity (Wildman–Crippen MR) is 108 cm³/mol. The van der Waals surface area contributed by atoms with Gasteiger partial charge in [0.25, 0.3) is 13.6 Å². The van der Waals surface area contributed by atoms with Crippen LogP contribution in [0.5, 0.6) is 5.88 Å². The van der Waals surface area contributed by atoms with Crippen LogP contribution in [-0.4, -0.2) is 15.0 Å². The molecule has 0 aliphatic rings. The Morgan fingerprint density at radius 2 is 2.12 bits per heavy atom. The van der Waals surface area contributed by atoms with Gasteiger partial charge in [0.1, 0.15) is 12.2 Å². The first kappa shape index (κ1) is 21.7. The lowest BCUT2D eigenvalue weighted by Gasteiger charge is -2.14. The Morgan fingerprint density at radius 3 is 2.84 bits per heavy atom. The molecule has 4 rings (SSSR count). The summed E-state index contributed by atoms with van der Waals surface area (Å²) in [6.45, 7) is -0.109. The molecule has 4 heterocycles. The van der Waals surface area contributed by atoms with Gasteiger partial charge in [0, 0.05) is 30.3 Å². The number of pyridine rings is 2. The monoisotopic (exact) mass is 458 g/mol. The Balaban J connectivity index is 1.41. The maximum absolute atomic E-state index is 10.8. The first-order valence-corrected chi connectivity index (χ1v) is 10.9. The smallest absolute Gasteiger partial charge is 0.285 e. The van der Waals surface area contributed by atoms with Crippen molar-refractivity contribution < 1.29 is 37.1 Å². The summed E-state index contributed by atoms with van der Waals surface area (Å²) in [5.74, 6) is 1.07. The van der Waals surface area contributed by atoms with Crippen molar-refractivity contribution in [1.29, 1.82) is 0 Å². The van der Waals surface area contributed by atoms with Gasteiger partial charge in [-0.2, -0.15) is 0 Å². The van der Waals surface area contributed by atoms with Crippen molar-refractivity contribution in [2.45, 2.75) is 19.8 Å². The minimum atomic E-state index is -4.88. The zero-order valence-corrected chi connectivity index (χ0v) is 17.6. The van der Waals surface area contributed by atoms with Crippen LogP contribution in [0.3, 0.4) is 0 Å². The normalized spacial score (nSPS) is 13.1. The number of aromatic nitrogens is 3. The van der Waals surface area contributed by atoms with E-state index in [1.165, 1.54) is 10.8 Å². The van der Waals surface area contributed by atoms with Gasteiger partial charge in [0.15, 0.2) is 12.5 Å². The summed E-state index contributed by atoms with van der Waals surface area (Å²) < 4.78 is 32.5. The van der Waals surface area contributed by atoms with E-state index in [1.807, 2.05) is 12.1 Å². The second-order valence-electron chi connectivity index (χ2n) is 6.79. The highest BCUT2D eigenvalue weighted by molar-refractivity contribution is 7.44. The Bertz CT molecular complexity index is 1220. The van der Waals surface area contributed by atoms with Crippen LogP contribution >= 0.6 is 7.82 Å². The summed E-state index contributed by atoms with van der Waals surface area (Å²) in [6, 6.07) is 10.5. The lowest BCUT2D eigenvalue weighted by atomic mass is 10.1. The van der Waals surface area contributed by atoms with Gasteiger partial charge in [0.2, 0.25) is 5.88 Å². The number of nitrogens with two attached hydrogens (primary N) is 1. The van der Waals surface area contributed by atoms with E-state index < -0.39 is 14.6 Å². The molecule has 1 atom stereocenters. The fraction of sp³-hybridized carbons (Fsp3) is 0.150. The summed E-state index contributed by atoms with van der Waals surface area (Å²) in [6.07, 6.45) is 6.86. The van der Waals surface area contributed by atoms with E-state index in [0.717, 1.165) is 11.1 Å². The summed E-state index contributed by atoms with van der Waals surface area (Å²) >= 11 is 0. The highest BCUT2D eigenvalue weighted by Gasteiger charge is 2.18. The van der Waals surface area contributed by atoms with E-state index in [1.54, 1.807) is 43.0 Å². The van der Waals surface area contributed by atoms with Crippen LogP contribution < -0.4 is 19.9 Å². The number of nitrogen functional groups attached to an aromatic ring is 1. The number of phosphoric acid groups is 1.